The topological polar surface area (TPSA) is 41.1 Å². The summed E-state index contributed by atoms with van der Waals surface area (Å²) in [6, 6.07) is 13.7. The van der Waals surface area contributed by atoms with Crippen LogP contribution in [0.5, 0.6) is 0 Å². The van der Waals surface area contributed by atoms with Crippen molar-refractivity contribution in [1.82, 2.24) is 0 Å². The van der Waals surface area contributed by atoms with Crippen molar-refractivity contribution in [2.45, 2.75) is 13.3 Å². The number of nitrogens with one attached hydrogen (secondary N) is 2. The number of aryl methyl sites for hydroxylation is 1. The van der Waals surface area contributed by atoms with Gasteiger partial charge >= 0.3 is 0 Å². The molecule has 1 amide bonds. The zero-order valence-electron chi connectivity index (χ0n) is 11.3. The van der Waals surface area contributed by atoms with Gasteiger partial charge in [0.2, 0.25) is 5.91 Å². The lowest BCUT2D eigenvalue weighted by molar-refractivity contribution is -0.114. The molecule has 2 rings (SSSR count). The van der Waals surface area contributed by atoms with Gasteiger partial charge in [0.05, 0.1) is 6.54 Å². The Balaban J connectivity index is 1.85. The van der Waals surface area contributed by atoms with E-state index in [-0.39, 0.29) is 18.3 Å². The van der Waals surface area contributed by atoms with Crippen molar-refractivity contribution in [3.63, 3.8) is 0 Å². The number of amides is 1. The Labute approximate surface area is 117 Å². The summed E-state index contributed by atoms with van der Waals surface area (Å²) in [4.78, 5) is 11.7. The number of hydrogen-bond acceptors (Lipinski definition) is 2. The molecule has 0 spiro atoms. The summed E-state index contributed by atoms with van der Waals surface area (Å²) in [5.74, 6) is -0.582. The van der Waals surface area contributed by atoms with Gasteiger partial charge in [0, 0.05) is 11.4 Å². The summed E-state index contributed by atoms with van der Waals surface area (Å²) >= 11 is 0. The molecule has 3 nitrogen and oxygen atoms in total. The summed E-state index contributed by atoms with van der Waals surface area (Å²) in [6.07, 6.45) is 0.986. The van der Waals surface area contributed by atoms with Crippen molar-refractivity contribution in [2.24, 2.45) is 0 Å². The fourth-order valence-corrected chi connectivity index (χ4v) is 1.81. The maximum absolute atomic E-state index is 13.0. The number of anilines is 2. The van der Waals surface area contributed by atoms with E-state index in [2.05, 4.69) is 17.6 Å². The molecule has 0 unspecified atom stereocenters. The fraction of sp³-hybridized carbons (Fsp3) is 0.188. The Morgan fingerprint density at radius 3 is 2.50 bits per heavy atom. The third-order valence-corrected chi connectivity index (χ3v) is 2.92. The van der Waals surface area contributed by atoms with Gasteiger partial charge in [0.15, 0.2) is 0 Å². The number of benzene rings is 2. The van der Waals surface area contributed by atoms with Crippen molar-refractivity contribution in [1.29, 1.82) is 0 Å². The predicted octanol–water partition coefficient (Wildman–Crippen LogP) is 3.44. The fourth-order valence-electron chi connectivity index (χ4n) is 1.81. The molecule has 2 aromatic carbocycles. The molecular weight excluding hydrogens is 255 g/mol. The third-order valence-electron chi connectivity index (χ3n) is 2.92. The van der Waals surface area contributed by atoms with E-state index in [1.165, 1.54) is 17.7 Å². The van der Waals surface area contributed by atoms with Gasteiger partial charge in [-0.3, -0.25) is 4.79 Å². The molecule has 0 bridgehead atoms. The quantitative estimate of drug-likeness (QED) is 0.875. The van der Waals surface area contributed by atoms with E-state index < -0.39 is 0 Å². The molecule has 2 N–H and O–H groups in total. The smallest absolute Gasteiger partial charge is 0.243 e. The molecule has 0 saturated carbocycles. The van der Waals surface area contributed by atoms with Crippen LogP contribution in [0.25, 0.3) is 0 Å². The van der Waals surface area contributed by atoms with E-state index in [1.807, 2.05) is 24.3 Å². The van der Waals surface area contributed by atoms with Crippen LogP contribution in [0.3, 0.4) is 0 Å². The minimum atomic E-state index is -0.370. The van der Waals surface area contributed by atoms with Gasteiger partial charge in [-0.15, -0.1) is 0 Å². The molecule has 0 aliphatic heterocycles. The second-order valence-corrected chi connectivity index (χ2v) is 4.46. The highest BCUT2D eigenvalue weighted by Gasteiger charge is 2.03. The zero-order chi connectivity index (χ0) is 14.4. The van der Waals surface area contributed by atoms with E-state index >= 15 is 0 Å². The van der Waals surface area contributed by atoms with E-state index in [9.17, 15) is 9.18 Å². The maximum atomic E-state index is 13.0. The van der Waals surface area contributed by atoms with Crippen LogP contribution in [0.4, 0.5) is 15.8 Å². The van der Waals surface area contributed by atoms with Gasteiger partial charge in [-0.25, -0.2) is 4.39 Å². The lowest BCUT2D eigenvalue weighted by atomic mass is 10.1. The van der Waals surface area contributed by atoms with Gasteiger partial charge in [-0.1, -0.05) is 25.1 Å². The van der Waals surface area contributed by atoms with E-state index in [4.69, 9.17) is 0 Å². The Bertz CT molecular complexity index is 581. The molecule has 0 radical (unpaired) electrons. The van der Waals surface area contributed by atoms with Crippen LogP contribution >= 0.6 is 0 Å². The second kappa shape index (κ2) is 6.70. The highest BCUT2D eigenvalue weighted by molar-refractivity contribution is 5.93. The highest BCUT2D eigenvalue weighted by atomic mass is 19.1. The Hall–Kier alpha value is -2.36. The third kappa shape index (κ3) is 4.09. The summed E-state index contributed by atoms with van der Waals surface area (Å²) in [5, 5.41) is 5.66. The SMILES string of the molecule is CCc1ccc(NCC(=O)Nc2cccc(F)c2)cc1. The molecular formula is C16H17FN2O. The first-order valence-electron chi connectivity index (χ1n) is 6.55. The van der Waals surface area contributed by atoms with E-state index in [0.717, 1.165) is 12.1 Å². The number of carbonyl (C=O) groups is 1. The standard InChI is InChI=1S/C16H17FN2O/c1-2-12-6-8-14(9-7-12)18-11-16(20)19-15-5-3-4-13(17)10-15/h3-10,18H,2,11H2,1H3,(H,19,20). The van der Waals surface area contributed by atoms with Gasteiger partial charge in [0.25, 0.3) is 0 Å². The molecule has 0 aliphatic rings. The molecule has 0 atom stereocenters. The van der Waals surface area contributed by atoms with Crippen LogP contribution in [0.1, 0.15) is 12.5 Å². The minimum Gasteiger partial charge on any atom is -0.376 e. The summed E-state index contributed by atoms with van der Waals surface area (Å²) < 4.78 is 13.0. The average Bonchev–Trinajstić information content (AvgIpc) is 2.46. The number of hydrogen-bond donors (Lipinski definition) is 2. The van der Waals surface area contributed by atoms with Crippen LogP contribution < -0.4 is 10.6 Å². The maximum Gasteiger partial charge on any atom is 0.243 e. The normalized spacial score (nSPS) is 10.1. The van der Waals surface area contributed by atoms with E-state index in [1.54, 1.807) is 12.1 Å². The minimum absolute atomic E-state index is 0.141. The van der Waals surface area contributed by atoms with Crippen LogP contribution in [0.2, 0.25) is 0 Å². The van der Waals surface area contributed by atoms with Gasteiger partial charge in [-0.2, -0.15) is 0 Å². The highest BCUT2D eigenvalue weighted by Crippen LogP contribution is 2.11. The first-order valence-corrected chi connectivity index (χ1v) is 6.55. The monoisotopic (exact) mass is 272 g/mol. The Morgan fingerprint density at radius 1 is 1.10 bits per heavy atom. The second-order valence-electron chi connectivity index (χ2n) is 4.46. The number of halogens is 1. The lowest BCUT2D eigenvalue weighted by Gasteiger charge is -2.08. The van der Waals surface area contributed by atoms with Crippen molar-refractivity contribution in [3.05, 3.63) is 59.9 Å². The van der Waals surface area contributed by atoms with Crippen molar-refractivity contribution < 1.29 is 9.18 Å². The number of rotatable bonds is 5. The molecule has 4 heteroatoms. The zero-order valence-corrected chi connectivity index (χ0v) is 11.3. The molecule has 104 valence electrons. The first kappa shape index (κ1) is 14.1. The molecule has 0 fully saturated rings. The number of carbonyl (C=O) groups excluding carboxylic acids is 1. The van der Waals surface area contributed by atoms with Crippen LogP contribution in [0, 0.1) is 5.82 Å². The van der Waals surface area contributed by atoms with Crippen LogP contribution in [-0.2, 0) is 11.2 Å². The van der Waals surface area contributed by atoms with Crippen molar-refractivity contribution in [3.8, 4) is 0 Å². The van der Waals surface area contributed by atoms with Crippen molar-refractivity contribution >= 4 is 17.3 Å². The van der Waals surface area contributed by atoms with E-state index in [0.29, 0.717) is 5.69 Å². The molecule has 0 heterocycles. The summed E-state index contributed by atoms with van der Waals surface area (Å²) in [6.45, 7) is 2.23. The van der Waals surface area contributed by atoms with Gasteiger partial charge in [-0.05, 0) is 42.3 Å². The first-order chi connectivity index (χ1) is 9.67. The summed E-state index contributed by atoms with van der Waals surface area (Å²) in [7, 11) is 0. The van der Waals surface area contributed by atoms with Gasteiger partial charge in [0.1, 0.15) is 5.82 Å². The molecule has 0 aromatic heterocycles. The molecule has 2 aromatic rings. The predicted molar refractivity (Wildman–Crippen MR) is 79.3 cm³/mol. The largest absolute Gasteiger partial charge is 0.376 e. The molecule has 0 saturated heterocycles. The van der Waals surface area contributed by atoms with Crippen molar-refractivity contribution in [2.75, 3.05) is 17.2 Å². The van der Waals surface area contributed by atoms with Gasteiger partial charge < -0.3 is 10.6 Å². The Morgan fingerprint density at radius 2 is 1.85 bits per heavy atom. The molecule has 0 aliphatic carbocycles. The summed E-state index contributed by atoms with van der Waals surface area (Å²) in [5.41, 5.74) is 2.59. The Kier molecular flexibility index (Phi) is 4.71. The van der Waals surface area contributed by atoms with Crippen LogP contribution in [-0.4, -0.2) is 12.5 Å². The lowest BCUT2D eigenvalue weighted by Crippen LogP contribution is -2.21. The average molecular weight is 272 g/mol. The van der Waals surface area contributed by atoms with Crippen LogP contribution in [0.15, 0.2) is 48.5 Å². The molecule has 20 heavy (non-hydrogen) atoms.